The predicted octanol–water partition coefficient (Wildman–Crippen LogP) is 1.65. The monoisotopic (exact) mass is 288 g/mol. The van der Waals surface area contributed by atoms with E-state index in [0.29, 0.717) is 10.6 Å². The Morgan fingerprint density at radius 1 is 1.35 bits per heavy atom. The van der Waals surface area contributed by atoms with E-state index < -0.39 is 5.91 Å². The number of hydrogen-bond acceptors (Lipinski definition) is 6. The van der Waals surface area contributed by atoms with Gasteiger partial charge in [-0.2, -0.15) is 10.5 Å². The number of carbonyl (C=O) groups is 1. The Hall–Kier alpha value is -2.27. The van der Waals surface area contributed by atoms with Crippen LogP contribution in [0.2, 0.25) is 0 Å². The summed E-state index contributed by atoms with van der Waals surface area (Å²) >= 11 is 1.48. The van der Waals surface area contributed by atoms with Gasteiger partial charge in [0.05, 0.1) is 5.56 Å². The lowest BCUT2D eigenvalue weighted by molar-refractivity contribution is 0.101. The van der Waals surface area contributed by atoms with Gasteiger partial charge in [-0.05, 0) is 36.5 Å². The molecule has 2 aromatic heterocycles. The molecule has 1 amide bonds. The van der Waals surface area contributed by atoms with Crippen LogP contribution >= 0.6 is 11.3 Å². The molecule has 2 heterocycles. The number of tetrazole rings is 1. The number of aromatic amines is 1. The van der Waals surface area contributed by atoms with Gasteiger partial charge in [-0.3, -0.25) is 4.79 Å². The quantitative estimate of drug-likeness (QED) is 0.817. The van der Waals surface area contributed by atoms with Crippen molar-refractivity contribution < 1.29 is 4.79 Å². The molecule has 0 fully saturated rings. The first kappa shape index (κ1) is 12.7. The standard InChI is InChI=1S/C12H12N6OS/c13-6-8-7-4-2-1-3-5-9(7)20-12(8)14-11(19)10-15-17-18-16-10/h1-5H2,(H,14,19)(H,15,16,17,18). The van der Waals surface area contributed by atoms with Crippen LogP contribution in [-0.4, -0.2) is 26.5 Å². The summed E-state index contributed by atoms with van der Waals surface area (Å²) in [6, 6.07) is 2.21. The first-order chi connectivity index (χ1) is 9.79. The summed E-state index contributed by atoms with van der Waals surface area (Å²) in [5.41, 5.74) is 1.68. The van der Waals surface area contributed by atoms with Gasteiger partial charge in [-0.1, -0.05) is 6.42 Å². The van der Waals surface area contributed by atoms with Gasteiger partial charge in [-0.25, -0.2) is 0 Å². The molecular formula is C12H12N6OS. The largest absolute Gasteiger partial charge is 0.310 e. The van der Waals surface area contributed by atoms with Crippen molar-refractivity contribution in [2.24, 2.45) is 0 Å². The second-order valence-electron chi connectivity index (χ2n) is 4.57. The number of H-pyrrole nitrogens is 1. The molecule has 102 valence electrons. The van der Waals surface area contributed by atoms with E-state index in [4.69, 9.17) is 0 Å². The average molecular weight is 288 g/mol. The van der Waals surface area contributed by atoms with Gasteiger partial charge in [0.1, 0.15) is 11.1 Å². The number of hydrogen-bond donors (Lipinski definition) is 2. The third-order valence-electron chi connectivity index (χ3n) is 3.31. The SMILES string of the molecule is N#Cc1c(NC(=O)c2nn[nH]n2)sc2c1CCCCC2. The Kier molecular flexibility index (Phi) is 3.43. The van der Waals surface area contributed by atoms with E-state index in [-0.39, 0.29) is 5.82 Å². The van der Waals surface area contributed by atoms with Crippen LogP contribution in [0.4, 0.5) is 5.00 Å². The maximum atomic E-state index is 11.9. The summed E-state index contributed by atoms with van der Waals surface area (Å²) in [4.78, 5) is 13.1. The van der Waals surface area contributed by atoms with E-state index in [0.717, 1.165) is 31.2 Å². The summed E-state index contributed by atoms with van der Waals surface area (Å²) in [6.45, 7) is 0. The summed E-state index contributed by atoms with van der Waals surface area (Å²) in [6.07, 6.45) is 5.31. The van der Waals surface area contributed by atoms with Gasteiger partial charge in [0.25, 0.3) is 11.7 Å². The zero-order valence-corrected chi connectivity index (χ0v) is 11.5. The number of anilines is 1. The zero-order chi connectivity index (χ0) is 13.9. The smallest absolute Gasteiger partial charge is 0.297 e. The molecule has 0 unspecified atom stereocenters. The van der Waals surface area contributed by atoms with Crippen molar-refractivity contribution in [3.63, 3.8) is 0 Å². The van der Waals surface area contributed by atoms with Gasteiger partial charge in [0.2, 0.25) is 0 Å². The molecule has 0 spiro atoms. The van der Waals surface area contributed by atoms with Crippen LogP contribution in [0.1, 0.15) is 45.9 Å². The van der Waals surface area contributed by atoms with Crippen molar-refractivity contribution >= 4 is 22.2 Å². The summed E-state index contributed by atoms with van der Waals surface area (Å²) < 4.78 is 0. The highest BCUT2D eigenvalue weighted by Gasteiger charge is 2.22. The molecule has 0 bridgehead atoms. The summed E-state index contributed by atoms with van der Waals surface area (Å²) in [7, 11) is 0. The van der Waals surface area contributed by atoms with Crippen molar-refractivity contribution in [3.05, 3.63) is 21.8 Å². The number of aryl methyl sites for hydroxylation is 1. The van der Waals surface area contributed by atoms with E-state index in [9.17, 15) is 10.1 Å². The second kappa shape index (κ2) is 5.38. The maximum Gasteiger partial charge on any atom is 0.297 e. The molecule has 8 heteroatoms. The fourth-order valence-electron chi connectivity index (χ4n) is 2.37. The van der Waals surface area contributed by atoms with Crippen LogP contribution in [0.3, 0.4) is 0 Å². The Morgan fingerprint density at radius 3 is 2.95 bits per heavy atom. The minimum absolute atomic E-state index is 0.0301. The Morgan fingerprint density at radius 2 is 2.20 bits per heavy atom. The first-order valence-corrected chi connectivity index (χ1v) is 7.20. The van der Waals surface area contributed by atoms with Crippen molar-refractivity contribution in [2.75, 3.05) is 5.32 Å². The van der Waals surface area contributed by atoms with Crippen molar-refractivity contribution in [3.8, 4) is 6.07 Å². The molecule has 0 radical (unpaired) electrons. The second-order valence-corrected chi connectivity index (χ2v) is 5.68. The Balaban J connectivity index is 1.90. The lowest BCUT2D eigenvalue weighted by atomic mass is 10.1. The van der Waals surface area contributed by atoms with Crippen LogP contribution in [0.15, 0.2) is 0 Å². The number of nitriles is 1. The van der Waals surface area contributed by atoms with Crippen LogP contribution in [0.5, 0.6) is 0 Å². The van der Waals surface area contributed by atoms with Crippen LogP contribution in [0.25, 0.3) is 0 Å². The topological polar surface area (TPSA) is 107 Å². The van der Waals surface area contributed by atoms with Gasteiger partial charge < -0.3 is 5.32 Å². The van der Waals surface area contributed by atoms with E-state index in [1.807, 2.05) is 0 Å². The highest BCUT2D eigenvalue weighted by molar-refractivity contribution is 7.16. The van der Waals surface area contributed by atoms with Gasteiger partial charge >= 0.3 is 0 Å². The third kappa shape index (κ3) is 2.28. The van der Waals surface area contributed by atoms with Gasteiger partial charge in [-0.15, -0.1) is 21.5 Å². The highest BCUT2D eigenvalue weighted by atomic mass is 32.1. The Bertz CT molecular complexity index is 669. The van der Waals surface area contributed by atoms with Crippen molar-refractivity contribution in [1.82, 2.24) is 20.6 Å². The molecule has 0 atom stereocenters. The first-order valence-electron chi connectivity index (χ1n) is 6.39. The van der Waals surface area contributed by atoms with E-state index in [1.165, 1.54) is 22.6 Å². The van der Waals surface area contributed by atoms with Gasteiger partial charge in [0, 0.05) is 4.88 Å². The van der Waals surface area contributed by atoms with E-state index in [1.54, 1.807) is 0 Å². The van der Waals surface area contributed by atoms with Gasteiger partial charge in [0.15, 0.2) is 0 Å². The van der Waals surface area contributed by atoms with Crippen LogP contribution in [-0.2, 0) is 12.8 Å². The summed E-state index contributed by atoms with van der Waals surface area (Å²) in [5, 5.41) is 25.5. The van der Waals surface area contributed by atoms with E-state index in [2.05, 4.69) is 32.0 Å². The molecule has 3 rings (SSSR count). The van der Waals surface area contributed by atoms with Crippen molar-refractivity contribution in [1.29, 1.82) is 5.26 Å². The summed E-state index contributed by atoms with van der Waals surface area (Å²) in [5.74, 6) is -0.482. The maximum absolute atomic E-state index is 11.9. The average Bonchev–Trinajstić information content (AvgIpc) is 3.02. The number of amides is 1. The molecular weight excluding hydrogens is 276 g/mol. The number of fused-ring (bicyclic) bond motifs is 1. The Labute approximate surface area is 119 Å². The molecule has 1 aliphatic carbocycles. The zero-order valence-electron chi connectivity index (χ0n) is 10.6. The lowest BCUT2D eigenvalue weighted by Gasteiger charge is -2.00. The highest BCUT2D eigenvalue weighted by Crippen LogP contribution is 2.37. The van der Waals surface area contributed by atoms with E-state index >= 15 is 0 Å². The molecule has 0 aromatic carbocycles. The molecule has 2 aromatic rings. The number of rotatable bonds is 2. The van der Waals surface area contributed by atoms with Crippen LogP contribution in [0, 0.1) is 11.3 Å². The molecule has 20 heavy (non-hydrogen) atoms. The number of nitrogens with zero attached hydrogens (tertiary/aromatic N) is 4. The fourth-order valence-corrected chi connectivity index (χ4v) is 3.60. The number of thiophene rings is 1. The lowest BCUT2D eigenvalue weighted by Crippen LogP contribution is -2.13. The minimum atomic E-state index is -0.452. The van der Waals surface area contributed by atoms with Crippen molar-refractivity contribution in [2.45, 2.75) is 32.1 Å². The minimum Gasteiger partial charge on any atom is -0.310 e. The fraction of sp³-hybridized carbons (Fsp3) is 0.417. The molecule has 0 saturated heterocycles. The molecule has 2 N–H and O–H groups in total. The number of carbonyl (C=O) groups excluding carboxylic acids is 1. The predicted molar refractivity (Wildman–Crippen MR) is 72.4 cm³/mol. The molecule has 1 aliphatic rings. The molecule has 0 saturated carbocycles. The normalized spacial score (nSPS) is 14.2. The molecule has 0 aliphatic heterocycles. The number of aromatic nitrogens is 4. The van der Waals surface area contributed by atoms with Crippen LogP contribution < -0.4 is 5.32 Å². The number of nitrogens with one attached hydrogen (secondary N) is 2. The third-order valence-corrected chi connectivity index (χ3v) is 4.52. The molecule has 7 nitrogen and oxygen atoms in total.